The molecule has 2 rings (SSSR count). The first-order valence-electron chi connectivity index (χ1n) is 6.22. The molecule has 1 aliphatic heterocycles. The summed E-state index contributed by atoms with van der Waals surface area (Å²) in [5, 5.41) is 16.9. The van der Waals surface area contributed by atoms with E-state index in [1.165, 1.54) is 6.07 Å². The first-order chi connectivity index (χ1) is 9.09. The van der Waals surface area contributed by atoms with Crippen LogP contribution in [0.4, 0.5) is 5.82 Å². The van der Waals surface area contributed by atoms with Gasteiger partial charge in [0, 0.05) is 6.54 Å². The molecule has 102 valence electrons. The third-order valence-electron chi connectivity index (χ3n) is 3.24. The van der Waals surface area contributed by atoms with Crippen LogP contribution in [0.25, 0.3) is 0 Å². The minimum atomic E-state index is -0.859. The highest BCUT2D eigenvalue weighted by molar-refractivity contribution is 5.90. The summed E-state index contributed by atoms with van der Waals surface area (Å²) >= 11 is 0. The number of carboxylic acids is 1. The molecule has 0 aromatic carbocycles. The van der Waals surface area contributed by atoms with E-state index in [9.17, 15) is 14.7 Å². The molecule has 7 heteroatoms. The van der Waals surface area contributed by atoms with Crippen LogP contribution in [0.3, 0.4) is 0 Å². The van der Waals surface area contributed by atoms with Crippen molar-refractivity contribution < 1.29 is 14.7 Å². The van der Waals surface area contributed by atoms with Crippen LogP contribution in [0, 0.1) is 0 Å². The molecule has 1 unspecified atom stereocenters. The van der Waals surface area contributed by atoms with Gasteiger partial charge in [-0.3, -0.25) is 4.79 Å². The number of nitrogens with zero attached hydrogens (tertiary/aromatic N) is 3. The van der Waals surface area contributed by atoms with E-state index in [0.29, 0.717) is 18.8 Å². The summed E-state index contributed by atoms with van der Waals surface area (Å²) in [6.07, 6.45) is 3.41. The van der Waals surface area contributed by atoms with Crippen molar-refractivity contribution in [2.24, 2.45) is 5.73 Å². The summed E-state index contributed by atoms with van der Waals surface area (Å²) in [6.45, 7) is 0.627. The lowest BCUT2D eigenvalue weighted by Gasteiger charge is -2.27. The molecular formula is C12H16N4O3. The zero-order chi connectivity index (χ0) is 13.8. The van der Waals surface area contributed by atoms with E-state index in [1.54, 1.807) is 11.0 Å². The molecule has 0 radical (unpaired) electrons. The maximum atomic E-state index is 11.3. The molecule has 3 N–H and O–H groups in total. The Bertz CT molecular complexity index is 474. The van der Waals surface area contributed by atoms with E-state index < -0.39 is 17.9 Å². The fourth-order valence-electron chi connectivity index (χ4n) is 2.25. The zero-order valence-electron chi connectivity index (χ0n) is 10.5. The Morgan fingerprint density at radius 1 is 1.26 bits per heavy atom. The Labute approximate surface area is 110 Å². The van der Waals surface area contributed by atoms with Crippen LogP contribution < -0.4 is 10.6 Å². The lowest BCUT2D eigenvalue weighted by atomic mass is 10.1. The number of carbonyl (C=O) groups excluding carboxylic acids is 1. The Kier molecular flexibility index (Phi) is 3.94. The van der Waals surface area contributed by atoms with Crippen LogP contribution in [0.1, 0.15) is 36.2 Å². The van der Waals surface area contributed by atoms with Gasteiger partial charge < -0.3 is 15.7 Å². The van der Waals surface area contributed by atoms with E-state index in [2.05, 4.69) is 10.2 Å². The molecule has 0 spiro atoms. The number of nitrogens with two attached hydrogens (primary N) is 1. The first kappa shape index (κ1) is 13.3. The number of rotatable bonds is 3. The van der Waals surface area contributed by atoms with Crippen LogP contribution in [-0.2, 0) is 4.79 Å². The van der Waals surface area contributed by atoms with Gasteiger partial charge in [-0.05, 0) is 25.0 Å². The van der Waals surface area contributed by atoms with Crippen LogP contribution >= 0.6 is 0 Å². The van der Waals surface area contributed by atoms with Gasteiger partial charge in [0.25, 0.3) is 5.91 Å². The number of carbonyl (C=O) groups is 2. The number of aliphatic carboxylic acids is 1. The summed E-state index contributed by atoms with van der Waals surface area (Å²) in [7, 11) is 0. The number of hydrogen-bond donors (Lipinski definition) is 2. The van der Waals surface area contributed by atoms with Gasteiger partial charge in [0.2, 0.25) is 0 Å². The van der Waals surface area contributed by atoms with E-state index in [0.717, 1.165) is 19.3 Å². The van der Waals surface area contributed by atoms with Crippen molar-refractivity contribution in [3.63, 3.8) is 0 Å². The highest BCUT2D eigenvalue weighted by Crippen LogP contribution is 2.22. The van der Waals surface area contributed by atoms with Crippen LogP contribution in [0.15, 0.2) is 12.1 Å². The van der Waals surface area contributed by atoms with Gasteiger partial charge in [-0.15, -0.1) is 10.2 Å². The molecule has 1 atom stereocenters. The number of primary amides is 1. The average Bonchev–Trinajstić information content (AvgIpc) is 2.64. The Hall–Kier alpha value is -2.18. The van der Waals surface area contributed by atoms with Gasteiger partial charge in [0.1, 0.15) is 6.04 Å². The van der Waals surface area contributed by atoms with Crippen LogP contribution in [0.5, 0.6) is 0 Å². The maximum absolute atomic E-state index is 11.3. The molecule has 0 saturated carbocycles. The monoisotopic (exact) mass is 264 g/mol. The number of carboxylic acid groups (broad SMARTS) is 1. The third-order valence-corrected chi connectivity index (χ3v) is 3.24. The number of hydrogen-bond acceptors (Lipinski definition) is 5. The Balaban J connectivity index is 2.25. The lowest BCUT2D eigenvalue weighted by molar-refractivity contribution is -0.138. The van der Waals surface area contributed by atoms with Gasteiger partial charge >= 0.3 is 5.97 Å². The average molecular weight is 264 g/mol. The third kappa shape index (κ3) is 2.98. The molecule has 1 aromatic heterocycles. The zero-order valence-corrected chi connectivity index (χ0v) is 10.5. The second kappa shape index (κ2) is 5.64. The van der Waals surface area contributed by atoms with Crippen molar-refractivity contribution in [3.8, 4) is 0 Å². The number of anilines is 1. The second-order valence-electron chi connectivity index (χ2n) is 4.54. The van der Waals surface area contributed by atoms with Gasteiger partial charge in [-0.25, -0.2) is 4.79 Å². The molecule has 1 fully saturated rings. The number of aromatic nitrogens is 2. The summed E-state index contributed by atoms with van der Waals surface area (Å²) in [5.74, 6) is -1.04. The van der Waals surface area contributed by atoms with Gasteiger partial charge in [-0.1, -0.05) is 12.8 Å². The Morgan fingerprint density at radius 2 is 2.05 bits per heavy atom. The summed E-state index contributed by atoms with van der Waals surface area (Å²) in [4.78, 5) is 24.0. The van der Waals surface area contributed by atoms with Crippen LogP contribution in [-0.4, -0.2) is 39.8 Å². The van der Waals surface area contributed by atoms with E-state index in [4.69, 9.17) is 5.73 Å². The summed E-state index contributed by atoms with van der Waals surface area (Å²) < 4.78 is 0. The van der Waals surface area contributed by atoms with Gasteiger partial charge in [0.05, 0.1) is 0 Å². The molecule has 7 nitrogen and oxygen atoms in total. The molecule has 1 amide bonds. The second-order valence-corrected chi connectivity index (χ2v) is 4.54. The summed E-state index contributed by atoms with van der Waals surface area (Å²) in [5.41, 5.74) is 5.17. The van der Waals surface area contributed by atoms with Crippen molar-refractivity contribution >= 4 is 17.7 Å². The van der Waals surface area contributed by atoms with Crippen molar-refractivity contribution in [1.29, 1.82) is 0 Å². The van der Waals surface area contributed by atoms with Gasteiger partial charge in [-0.2, -0.15) is 0 Å². The van der Waals surface area contributed by atoms with Gasteiger partial charge in [0.15, 0.2) is 11.5 Å². The lowest BCUT2D eigenvalue weighted by Crippen LogP contribution is -2.41. The molecule has 2 heterocycles. The van der Waals surface area contributed by atoms with Crippen molar-refractivity contribution in [2.75, 3.05) is 11.4 Å². The van der Waals surface area contributed by atoms with E-state index in [1.807, 2.05) is 0 Å². The molecule has 1 aliphatic rings. The molecule has 0 bridgehead atoms. The highest BCUT2D eigenvalue weighted by Gasteiger charge is 2.28. The topological polar surface area (TPSA) is 109 Å². The molecular weight excluding hydrogens is 248 g/mol. The smallest absolute Gasteiger partial charge is 0.326 e. The van der Waals surface area contributed by atoms with E-state index in [-0.39, 0.29) is 5.69 Å². The predicted octanol–water partition coefficient (Wildman–Crippen LogP) is 0.409. The quantitative estimate of drug-likeness (QED) is 0.818. The predicted molar refractivity (Wildman–Crippen MR) is 67.8 cm³/mol. The molecule has 19 heavy (non-hydrogen) atoms. The van der Waals surface area contributed by atoms with Crippen LogP contribution in [0.2, 0.25) is 0 Å². The summed E-state index contributed by atoms with van der Waals surface area (Å²) in [6, 6.07) is 2.47. The number of amides is 1. The first-order valence-corrected chi connectivity index (χ1v) is 6.22. The Morgan fingerprint density at radius 3 is 2.63 bits per heavy atom. The maximum Gasteiger partial charge on any atom is 0.326 e. The SMILES string of the molecule is NC(=O)c1ccc(N2CCCCCC2C(=O)O)nn1. The standard InChI is InChI=1S/C12H16N4O3/c13-11(17)8-5-6-10(15-14-8)16-7-3-1-2-4-9(16)12(18)19/h5-6,9H,1-4,7H2,(H2,13,17)(H,18,19). The fourth-order valence-corrected chi connectivity index (χ4v) is 2.25. The van der Waals surface area contributed by atoms with Crippen molar-refractivity contribution in [2.45, 2.75) is 31.7 Å². The minimum Gasteiger partial charge on any atom is -0.480 e. The largest absolute Gasteiger partial charge is 0.480 e. The molecule has 1 aromatic rings. The molecule has 0 aliphatic carbocycles. The fraction of sp³-hybridized carbons (Fsp3) is 0.500. The van der Waals surface area contributed by atoms with Crippen molar-refractivity contribution in [3.05, 3.63) is 17.8 Å². The highest BCUT2D eigenvalue weighted by atomic mass is 16.4. The molecule has 1 saturated heterocycles. The van der Waals surface area contributed by atoms with Crippen molar-refractivity contribution in [1.82, 2.24) is 10.2 Å². The normalized spacial score (nSPS) is 19.8. The minimum absolute atomic E-state index is 0.0745. The van der Waals surface area contributed by atoms with E-state index >= 15 is 0 Å².